The van der Waals surface area contributed by atoms with Crippen LogP contribution in [0, 0.1) is 5.92 Å². The van der Waals surface area contributed by atoms with E-state index in [1.54, 1.807) is 23.1 Å². The minimum Gasteiger partial charge on any atom is -0.446 e. The lowest BCUT2D eigenvalue weighted by atomic mass is 9.84. The van der Waals surface area contributed by atoms with Crippen molar-refractivity contribution < 1.29 is 24.2 Å². The third-order valence-electron chi connectivity index (χ3n) is 7.32. The zero-order chi connectivity index (χ0) is 25.9. The fourth-order valence-electron chi connectivity index (χ4n) is 5.12. The summed E-state index contributed by atoms with van der Waals surface area (Å²) in [5.41, 5.74) is 3.59. The Morgan fingerprint density at radius 2 is 1.86 bits per heavy atom. The van der Waals surface area contributed by atoms with Crippen LogP contribution in [-0.2, 0) is 27.2 Å². The summed E-state index contributed by atoms with van der Waals surface area (Å²) in [6.45, 7) is 1.19. The molecule has 2 fully saturated rings. The van der Waals surface area contributed by atoms with E-state index in [-0.39, 0.29) is 30.8 Å². The Morgan fingerprint density at radius 1 is 1.08 bits per heavy atom. The quantitative estimate of drug-likeness (QED) is 0.411. The summed E-state index contributed by atoms with van der Waals surface area (Å²) in [5.74, 6) is 0.312. The van der Waals surface area contributed by atoms with Crippen LogP contribution in [0.3, 0.4) is 0 Å². The summed E-state index contributed by atoms with van der Waals surface area (Å²) in [7, 11) is 0. The van der Waals surface area contributed by atoms with Crippen LogP contribution < -0.4 is 10.6 Å². The summed E-state index contributed by atoms with van der Waals surface area (Å²) in [6.07, 6.45) is 4.44. The Kier molecular flexibility index (Phi) is 8.09. The van der Waals surface area contributed by atoms with E-state index in [4.69, 9.17) is 32.7 Å². The molecule has 0 spiro atoms. The number of benzene rings is 2. The number of amides is 2. The van der Waals surface area contributed by atoms with Gasteiger partial charge in [0.25, 0.3) is 0 Å². The molecule has 0 bridgehead atoms. The number of halogens is 2. The van der Waals surface area contributed by atoms with Gasteiger partial charge in [0.2, 0.25) is 5.91 Å². The minimum absolute atomic E-state index is 0.00107. The highest BCUT2D eigenvalue weighted by atomic mass is 35.5. The van der Waals surface area contributed by atoms with Crippen LogP contribution in [0.25, 0.3) is 0 Å². The molecular weight excluding hydrogens is 517 g/mol. The number of ether oxygens (including phenoxy) is 2. The van der Waals surface area contributed by atoms with Crippen LogP contribution >= 0.6 is 23.2 Å². The third kappa shape index (κ3) is 6.87. The molecule has 5 rings (SSSR count). The third-order valence-corrected chi connectivity index (χ3v) is 7.87. The number of rotatable bonds is 7. The van der Waals surface area contributed by atoms with Gasteiger partial charge < -0.3 is 30.1 Å². The molecule has 3 aliphatic rings. The van der Waals surface area contributed by atoms with Crippen molar-refractivity contribution in [2.24, 2.45) is 5.92 Å². The van der Waals surface area contributed by atoms with Crippen molar-refractivity contribution in [3.63, 3.8) is 0 Å². The molecule has 1 aliphatic carbocycles. The van der Waals surface area contributed by atoms with Crippen LogP contribution in [0.15, 0.2) is 36.4 Å². The van der Waals surface area contributed by atoms with Gasteiger partial charge in [-0.3, -0.25) is 4.79 Å². The van der Waals surface area contributed by atoms with E-state index in [1.165, 1.54) is 0 Å². The van der Waals surface area contributed by atoms with Crippen molar-refractivity contribution in [1.82, 2.24) is 4.90 Å². The number of carbonyl (C=O) groups excluding carboxylic acids is 2. The second-order valence-electron chi connectivity index (χ2n) is 10.0. The van der Waals surface area contributed by atoms with Gasteiger partial charge in [-0.15, -0.1) is 0 Å². The van der Waals surface area contributed by atoms with E-state index < -0.39 is 6.29 Å². The molecule has 2 aromatic rings. The van der Waals surface area contributed by atoms with Gasteiger partial charge in [0.1, 0.15) is 12.2 Å². The molecule has 198 valence electrons. The van der Waals surface area contributed by atoms with Crippen molar-refractivity contribution in [2.75, 3.05) is 23.7 Å². The van der Waals surface area contributed by atoms with Crippen molar-refractivity contribution in [3.8, 4) is 0 Å². The summed E-state index contributed by atoms with van der Waals surface area (Å²) in [5, 5.41) is 16.2. The van der Waals surface area contributed by atoms with Crippen molar-refractivity contribution in [1.29, 1.82) is 0 Å². The average Bonchev–Trinajstić information content (AvgIpc) is 3.59. The SMILES string of the molecule is O=C(CNc1ccc2c(c1)CCN(C(=O)OC1CCC(CC3OC3O)CC1)C2)Nc1ccc(Cl)cc1Cl. The molecule has 2 heterocycles. The maximum atomic E-state index is 12.8. The Balaban J connectivity index is 1.06. The van der Waals surface area contributed by atoms with E-state index >= 15 is 0 Å². The molecule has 3 N–H and O–H groups in total. The number of nitrogens with zero attached hydrogens (tertiary/aromatic N) is 1. The largest absolute Gasteiger partial charge is 0.446 e. The molecule has 2 aromatic carbocycles. The molecule has 2 aliphatic heterocycles. The molecule has 37 heavy (non-hydrogen) atoms. The lowest BCUT2D eigenvalue weighted by molar-refractivity contribution is -0.114. The molecule has 2 unspecified atom stereocenters. The van der Waals surface area contributed by atoms with Gasteiger partial charge in [-0.1, -0.05) is 29.3 Å². The molecule has 2 atom stereocenters. The van der Waals surface area contributed by atoms with Crippen LogP contribution in [-0.4, -0.2) is 53.6 Å². The fourth-order valence-corrected chi connectivity index (χ4v) is 5.58. The van der Waals surface area contributed by atoms with Crippen LogP contribution in [0.5, 0.6) is 0 Å². The van der Waals surface area contributed by atoms with Gasteiger partial charge >= 0.3 is 6.09 Å². The number of hydrogen-bond donors (Lipinski definition) is 3. The summed E-state index contributed by atoms with van der Waals surface area (Å²) in [6, 6.07) is 10.9. The van der Waals surface area contributed by atoms with Gasteiger partial charge in [0, 0.05) is 23.8 Å². The Labute approximate surface area is 226 Å². The number of carbonyl (C=O) groups is 2. The number of aliphatic hydroxyl groups is 1. The number of nitrogens with one attached hydrogen (secondary N) is 2. The molecule has 1 saturated heterocycles. The van der Waals surface area contributed by atoms with Gasteiger partial charge in [-0.25, -0.2) is 4.79 Å². The van der Waals surface area contributed by atoms with Gasteiger partial charge in [0.05, 0.1) is 17.3 Å². The Morgan fingerprint density at radius 3 is 2.59 bits per heavy atom. The zero-order valence-electron chi connectivity index (χ0n) is 20.4. The molecule has 8 nitrogen and oxygen atoms in total. The van der Waals surface area contributed by atoms with E-state index in [0.717, 1.165) is 55.3 Å². The van der Waals surface area contributed by atoms with Crippen LogP contribution in [0.1, 0.15) is 43.2 Å². The number of epoxide rings is 1. The number of fused-ring (bicyclic) bond motifs is 1. The van der Waals surface area contributed by atoms with Crippen LogP contribution in [0.4, 0.5) is 16.2 Å². The van der Waals surface area contributed by atoms with Gasteiger partial charge in [-0.05, 0) is 85.9 Å². The zero-order valence-corrected chi connectivity index (χ0v) is 21.9. The summed E-state index contributed by atoms with van der Waals surface area (Å²) >= 11 is 12.0. The molecule has 10 heteroatoms. The summed E-state index contributed by atoms with van der Waals surface area (Å²) < 4.78 is 10.9. The predicted molar refractivity (Wildman–Crippen MR) is 142 cm³/mol. The molecule has 0 radical (unpaired) electrons. The second kappa shape index (κ2) is 11.5. The highest BCUT2D eigenvalue weighted by Gasteiger charge is 2.39. The second-order valence-corrected chi connectivity index (χ2v) is 10.9. The summed E-state index contributed by atoms with van der Waals surface area (Å²) in [4.78, 5) is 26.9. The van der Waals surface area contributed by atoms with Crippen molar-refractivity contribution >= 4 is 46.6 Å². The Hall–Kier alpha value is -2.52. The fraction of sp³-hybridized carbons (Fsp3) is 0.481. The molecular formula is C27H31Cl2N3O5. The smallest absolute Gasteiger partial charge is 0.410 e. The lowest BCUT2D eigenvalue weighted by Crippen LogP contribution is -2.39. The average molecular weight is 548 g/mol. The first-order chi connectivity index (χ1) is 17.8. The van der Waals surface area contributed by atoms with Crippen molar-refractivity contribution in [2.45, 2.75) is 63.6 Å². The number of hydrogen-bond acceptors (Lipinski definition) is 6. The number of aliphatic hydroxyl groups excluding tert-OH is 1. The molecule has 0 aromatic heterocycles. The monoisotopic (exact) mass is 547 g/mol. The lowest BCUT2D eigenvalue weighted by Gasteiger charge is -2.32. The normalized spacial score (nSPS) is 24.7. The highest BCUT2D eigenvalue weighted by Crippen LogP contribution is 2.35. The highest BCUT2D eigenvalue weighted by molar-refractivity contribution is 6.36. The number of anilines is 2. The standard InChI is InChI=1S/C27H31Cl2N3O5/c28-19-4-8-23(22(29)13-19)31-25(33)14-30-20-5-3-18-15-32(10-9-17(18)12-20)27(35)36-21-6-1-16(2-7-21)11-24-26(34)37-24/h3-5,8,12-13,16,21,24,26,30,34H,1-2,6-7,9-11,14-15H2,(H,31,33). The van der Waals surface area contributed by atoms with E-state index in [1.807, 2.05) is 18.2 Å². The van der Waals surface area contributed by atoms with Crippen molar-refractivity contribution in [3.05, 3.63) is 57.6 Å². The Bertz CT molecular complexity index is 1150. The molecule has 2 amide bonds. The van der Waals surface area contributed by atoms with E-state index in [9.17, 15) is 14.7 Å². The molecule has 1 saturated carbocycles. The predicted octanol–water partition coefficient (Wildman–Crippen LogP) is 5.20. The minimum atomic E-state index is -0.580. The van der Waals surface area contributed by atoms with Gasteiger partial charge in [0.15, 0.2) is 6.29 Å². The first-order valence-corrected chi connectivity index (χ1v) is 13.5. The first-order valence-electron chi connectivity index (χ1n) is 12.7. The maximum Gasteiger partial charge on any atom is 0.410 e. The topological polar surface area (TPSA) is 103 Å². The van der Waals surface area contributed by atoms with E-state index in [0.29, 0.717) is 34.7 Å². The van der Waals surface area contributed by atoms with Crippen LogP contribution in [0.2, 0.25) is 10.0 Å². The van der Waals surface area contributed by atoms with E-state index in [2.05, 4.69) is 10.6 Å². The maximum absolute atomic E-state index is 12.8. The van der Waals surface area contributed by atoms with Gasteiger partial charge in [-0.2, -0.15) is 0 Å². The first kappa shape index (κ1) is 26.1.